The molecular formula is C19H18FN3O. The van der Waals surface area contributed by atoms with Gasteiger partial charge < -0.3 is 9.88 Å². The van der Waals surface area contributed by atoms with E-state index in [-0.39, 0.29) is 17.8 Å². The highest BCUT2D eigenvalue weighted by molar-refractivity contribution is 5.94. The Kier molecular flexibility index (Phi) is 4.42. The molecule has 0 aliphatic carbocycles. The number of imidazole rings is 1. The fourth-order valence-corrected chi connectivity index (χ4v) is 2.62. The van der Waals surface area contributed by atoms with Crippen molar-refractivity contribution in [3.05, 3.63) is 89.3 Å². The standard InChI is InChI=1S/C19H18FN3O/c1-13-4-3-5-15(12-13)17(18-21-10-11-23(18)2)22-19(24)14-6-8-16(20)9-7-14/h3-12,17H,1-2H3,(H,22,24). The third kappa shape index (κ3) is 3.35. The number of nitrogens with one attached hydrogen (secondary N) is 1. The molecule has 2 aromatic carbocycles. The van der Waals surface area contributed by atoms with Crippen molar-refractivity contribution in [3.8, 4) is 0 Å². The third-order valence-electron chi connectivity index (χ3n) is 3.87. The third-order valence-corrected chi connectivity index (χ3v) is 3.87. The average molecular weight is 323 g/mol. The first-order valence-electron chi connectivity index (χ1n) is 7.65. The lowest BCUT2D eigenvalue weighted by atomic mass is 10.0. The van der Waals surface area contributed by atoms with Crippen LogP contribution in [0.2, 0.25) is 0 Å². The van der Waals surface area contributed by atoms with Crippen LogP contribution in [0.3, 0.4) is 0 Å². The molecule has 0 saturated heterocycles. The van der Waals surface area contributed by atoms with Crippen LogP contribution in [0.15, 0.2) is 60.9 Å². The van der Waals surface area contributed by atoms with Crippen LogP contribution in [0.4, 0.5) is 4.39 Å². The highest BCUT2D eigenvalue weighted by atomic mass is 19.1. The molecule has 1 unspecified atom stereocenters. The Labute approximate surface area is 140 Å². The number of amides is 1. The number of benzene rings is 2. The van der Waals surface area contributed by atoms with Crippen molar-refractivity contribution in [1.82, 2.24) is 14.9 Å². The molecule has 3 rings (SSSR count). The van der Waals surface area contributed by atoms with E-state index in [1.165, 1.54) is 24.3 Å². The van der Waals surface area contributed by atoms with Gasteiger partial charge in [0.05, 0.1) is 0 Å². The number of halogens is 1. The summed E-state index contributed by atoms with van der Waals surface area (Å²) < 4.78 is 14.9. The molecular weight excluding hydrogens is 305 g/mol. The molecule has 1 amide bonds. The zero-order valence-corrected chi connectivity index (χ0v) is 13.5. The average Bonchev–Trinajstić information content (AvgIpc) is 2.99. The van der Waals surface area contributed by atoms with Gasteiger partial charge in [-0.1, -0.05) is 29.8 Å². The summed E-state index contributed by atoms with van der Waals surface area (Å²) in [5.74, 6) is 0.0893. The number of nitrogens with zero attached hydrogens (tertiary/aromatic N) is 2. The van der Waals surface area contributed by atoms with Crippen molar-refractivity contribution in [2.45, 2.75) is 13.0 Å². The molecule has 0 spiro atoms. The van der Waals surface area contributed by atoms with E-state index in [2.05, 4.69) is 10.3 Å². The number of aromatic nitrogens is 2. The molecule has 4 nitrogen and oxygen atoms in total. The summed E-state index contributed by atoms with van der Waals surface area (Å²) in [4.78, 5) is 16.9. The van der Waals surface area contributed by atoms with E-state index in [0.717, 1.165) is 17.0 Å². The van der Waals surface area contributed by atoms with E-state index < -0.39 is 0 Å². The van der Waals surface area contributed by atoms with E-state index in [1.54, 1.807) is 6.20 Å². The van der Waals surface area contributed by atoms with Crippen molar-refractivity contribution in [2.75, 3.05) is 0 Å². The Bertz CT molecular complexity index is 855. The van der Waals surface area contributed by atoms with Crippen LogP contribution in [0.5, 0.6) is 0 Å². The van der Waals surface area contributed by atoms with Gasteiger partial charge in [-0.3, -0.25) is 4.79 Å². The molecule has 0 fully saturated rings. The SMILES string of the molecule is Cc1cccc(C(NC(=O)c2ccc(F)cc2)c2nccn2C)c1. The van der Waals surface area contributed by atoms with Crippen molar-refractivity contribution < 1.29 is 9.18 Å². The summed E-state index contributed by atoms with van der Waals surface area (Å²) >= 11 is 0. The summed E-state index contributed by atoms with van der Waals surface area (Å²) in [6.07, 6.45) is 3.53. The number of hydrogen-bond donors (Lipinski definition) is 1. The molecule has 1 atom stereocenters. The lowest BCUT2D eigenvalue weighted by molar-refractivity contribution is 0.0941. The first-order chi connectivity index (χ1) is 11.5. The Morgan fingerprint density at radius 2 is 1.96 bits per heavy atom. The van der Waals surface area contributed by atoms with Crippen LogP contribution < -0.4 is 5.32 Å². The van der Waals surface area contributed by atoms with Gasteiger partial charge in [0.1, 0.15) is 17.7 Å². The van der Waals surface area contributed by atoms with Gasteiger partial charge in [0.15, 0.2) is 0 Å². The van der Waals surface area contributed by atoms with E-state index >= 15 is 0 Å². The second-order valence-electron chi connectivity index (χ2n) is 5.72. The number of carbonyl (C=O) groups excluding carboxylic acids is 1. The summed E-state index contributed by atoms with van der Waals surface area (Å²) in [6.45, 7) is 2.00. The molecule has 0 saturated carbocycles. The smallest absolute Gasteiger partial charge is 0.252 e. The van der Waals surface area contributed by atoms with Crippen molar-refractivity contribution >= 4 is 5.91 Å². The molecule has 24 heavy (non-hydrogen) atoms. The molecule has 1 N–H and O–H groups in total. The van der Waals surface area contributed by atoms with Crippen LogP contribution in [-0.2, 0) is 7.05 Å². The van der Waals surface area contributed by atoms with Gasteiger partial charge in [0.2, 0.25) is 0 Å². The van der Waals surface area contributed by atoms with Crippen molar-refractivity contribution in [3.63, 3.8) is 0 Å². The molecule has 0 aliphatic rings. The van der Waals surface area contributed by atoms with E-state index in [9.17, 15) is 9.18 Å². The molecule has 0 bridgehead atoms. The Morgan fingerprint density at radius 3 is 2.58 bits per heavy atom. The zero-order valence-electron chi connectivity index (χ0n) is 13.5. The lowest BCUT2D eigenvalue weighted by Gasteiger charge is -2.19. The van der Waals surface area contributed by atoms with Crippen LogP contribution in [0.1, 0.15) is 33.4 Å². The summed E-state index contributed by atoms with van der Waals surface area (Å²) in [5, 5.41) is 2.99. The lowest BCUT2D eigenvalue weighted by Crippen LogP contribution is -2.31. The van der Waals surface area contributed by atoms with Gasteiger partial charge in [-0.2, -0.15) is 0 Å². The van der Waals surface area contributed by atoms with Gasteiger partial charge >= 0.3 is 0 Å². The number of carbonyl (C=O) groups is 1. The van der Waals surface area contributed by atoms with Crippen LogP contribution in [0, 0.1) is 12.7 Å². The fraction of sp³-hybridized carbons (Fsp3) is 0.158. The van der Waals surface area contributed by atoms with E-state index in [4.69, 9.17) is 0 Å². The van der Waals surface area contributed by atoms with Crippen molar-refractivity contribution in [1.29, 1.82) is 0 Å². The second-order valence-corrected chi connectivity index (χ2v) is 5.72. The largest absolute Gasteiger partial charge is 0.338 e. The Balaban J connectivity index is 1.95. The number of hydrogen-bond acceptors (Lipinski definition) is 2. The molecule has 122 valence electrons. The first-order valence-corrected chi connectivity index (χ1v) is 7.65. The van der Waals surface area contributed by atoms with Crippen LogP contribution in [0.25, 0.3) is 0 Å². The highest BCUT2D eigenvalue weighted by Crippen LogP contribution is 2.22. The zero-order chi connectivity index (χ0) is 17.1. The number of aryl methyl sites for hydroxylation is 2. The minimum atomic E-state index is -0.387. The second kappa shape index (κ2) is 6.66. The minimum absolute atomic E-state index is 0.274. The Hall–Kier alpha value is -2.95. The molecule has 5 heteroatoms. The summed E-state index contributed by atoms with van der Waals surface area (Å²) in [5.41, 5.74) is 2.45. The quantitative estimate of drug-likeness (QED) is 0.800. The predicted molar refractivity (Wildman–Crippen MR) is 90.1 cm³/mol. The molecule has 1 heterocycles. The monoisotopic (exact) mass is 323 g/mol. The van der Waals surface area contributed by atoms with Gasteiger partial charge in [0.25, 0.3) is 5.91 Å². The maximum absolute atomic E-state index is 13.1. The highest BCUT2D eigenvalue weighted by Gasteiger charge is 2.21. The van der Waals surface area contributed by atoms with Gasteiger partial charge in [0, 0.05) is 25.0 Å². The normalized spacial score (nSPS) is 12.0. The van der Waals surface area contributed by atoms with Gasteiger partial charge in [-0.25, -0.2) is 9.37 Å². The maximum Gasteiger partial charge on any atom is 0.252 e. The summed E-state index contributed by atoms with van der Waals surface area (Å²) in [6, 6.07) is 13.0. The Morgan fingerprint density at radius 1 is 1.21 bits per heavy atom. The van der Waals surface area contributed by atoms with Gasteiger partial charge in [-0.15, -0.1) is 0 Å². The van der Waals surface area contributed by atoms with Crippen LogP contribution >= 0.6 is 0 Å². The number of rotatable bonds is 4. The molecule has 3 aromatic rings. The van der Waals surface area contributed by atoms with E-state index in [1.807, 2.05) is 49.0 Å². The predicted octanol–water partition coefficient (Wildman–Crippen LogP) is 3.39. The van der Waals surface area contributed by atoms with Crippen LogP contribution in [-0.4, -0.2) is 15.5 Å². The maximum atomic E-state index is 13.1. The molecule has 0 radical (unpaired) electrons. The first kappa shape index (κ1) is 15.9. The van der Waals surface area contributed by atoms with E-state index in [0.29, 0.717) is 5.56 Å². The minimum Gasteiger partial charge on any atom is -0.338 e. The molecule has 0 aliphatic heterocycles. The fourth-order valence-electron chi connectivity index (χ4n) is 2.62. The van der Waals surface area contributed by atoms with Gasteiger partial charge in [-0.05, 0) is 36.8 Å². The summed E-state index contributed by atoms with van der Waals surface area (Å²) in [7, 11) is 1.88. The topological polar surface area (TPSA) is 46.9 Å². The molecule has 1 aromatic heterocycles. The van der Waals surface area contributed by atoms with Crippen molar-refractivity contribution in [2.24, 2.45) is 7.05 Å².